The third-order valence-corrected chi connectivity index (χ3v) is 2.28. The highest BCUT2D eigenvalue weighted by molar-refractivity contribution is 5.68. The zero-order valence-electron chi connectivity index (χ0n) is 8.20. The van der Waals surface area contributed by atoms with Crippen molar-refractivity contribution < 1.29 is 5.11 Å². The summed E-state index contributed by atoms with van der Waals surface area (Å²) in [6.07, 6.45) is 0. The summed E-state index contributed by atoms with van der Waals surface area (Å²) >= 11 is 0. The monoisotopic (exact) mass is 188 g/mol. The van der Waals surface area contributed by atoms with Gasteiger partial charge in [-0.15, -0.1) is 0 Å². The van der Waals surface area contributed by atoms with Gasteiger partial charge in [0.15, 0.2) is 0 Å². The Morgan fingerprint density at radius 3 is 2.29 bits per heavy atom. The van der Waals surface area contributed by atoms with Crippen molar-refractivity contribution in [1.82, 2.24) is 10.2 Å². The van der Waals surface area contributed by atoms with Crippen LogP contribution in [0.2, 0.25) is 0 Å². The van der Waals surface area contributed by atoms with E-state index in [1.54, 1.807) is 12.1 Å². The van der Waals surface area contributed by atoms with Crippen molar-refractivity contribution in [3.8, 4) is 16.9 Å². The molecule has 1 heterocycles. The molecule has 0 fully saturated rings. The molecule has 0 spiro atoms. The Morgan fingerprint density at radius 2 is 1.79 bits per heavy atom. The summed E-state index contributed by atoms with van der Waals surface area (Å²) in [7, 11) is 0. The average molecular weight is 188 g/mol. The van der Waals surface area contributed by atoms with Crippen LogP contribution in [-0.4, -0.2) is 15.3 Å². The first-order valence-corrected chi connectivity index (χ1v) is 4.49. The number of hydrogen-bond acceptors (Lipinski definition) is 2. The quantitative estimate of drug-likeness (QED) is 0.722. The zero-order valence-corrected chi connectivity index (χ0v) is 8.20. The molecule has 0 unspecified atom stereocenters. The molecule has 0 bridgehead atoms. The highest BCUT2D eigenvalue weighted by atomic mass is 16.3. The maximum atomic E-state index is 9.17. The second-order valence-electron chi connectivity index (χ2n) is 3.36. The molecule has 3 heteroatoms. The van der Waals surface area contributed by atoms with Gasteiger partial charge in [0.25, 0.3) is 0 Å². The zero-order chi connectivity index (χ0) is 10.1. The number of rotatable bonds is 1. The lowest BCUT2D eigenvalue weighted by Crippen LogP contribution is -1.80. The summed E-state index contributed by atoms with van der Waals surface area (Å²) in [6, 6.07) is 7.14. The van der Waals surface area contributed by atoms with Crippen LogP contribution in [0.15, 0.2) is 24.3 Å². The highest BCUT2D eigenvalue weighted by Gasteiger charge is 2.07. The Kier molecular flexibility index (Phi) is 2.00. The van der Waals surface area contributed by atoms with Crippen LogP contribution >= 0.6 is 0 Å². The number of H-pyrrole nitrogens is 1. The minimum absolute atomic E-state index is 0.285. The van der Waals surface area contributed by atoms with E-state index in [-0.39, 0.29) is 5.75 Å². The van der Waals surface area contributed by atoms with Gasteiger partial charge in [-0.3, -0.25) is 5.10 Å². The molecule has 0 saturated heterocycles. The van der Waals surface area contributed by atoms with E-state index in [2.05, 4.69) is 10.2 Å². The topological polar surface area (TPSA) is 48.9 Å². The minimum atomic E-state index is 0.285. The molecule has 1 aromatic carbocycles. The largest absolute Gasteiger partial charge is 0.508 e. The van der Waals surface area contributed by atoms with Gasteiger partial charge in [0.05, 0.1) is 5.69 Å². The third kappa shape index (κ3) is 1.37. The lowest BCUT2D eigenvalue weighted by atomic mass is 10.0. The van der Waals surface area contributed by atoms with E-state index in [1.165, 1.54) is 0 Å². The summed E-state index contributed by atoms with van der Waals surface area (Å²) in [5.41, 5.74) is 4.22. The first-order chi connectivity index (χ1) is 6.68. The molecular formula is C11H12N2O. The van der Waals surface area contributed by atoms with Gasteiger partial charge < -0.3 is 5.11 Å². The maximum absolute atomic E-state index is 9.17. The van der Waals surface area contributed by atoms with Crippen molar-refractivity contribution in [2.45, 2.75) is 13.8 Å². The maximum Gasteiger partial charge on any atom is 0.115 e. The van der Waals surface area contributed by atoms with Gasteiger partial charge in [-0.1, -0.05) is 12.1 Å². The fraction of sp³-hybridized carbons (Fsp3) is 0.182. The van der Waals surface area contributed by atoms with E-state index in [4.69, 9.17) is 5.11 Å². The van der Waals surface area contributed by atoms with Crippen molar-refractivity contribution in [3.05, 3.63) is 35.7 Å². The normalized spacial score (nSPS) is 10.4. The third-order valence-electron chi connectivity index (χ3n) is 2.28. The predicted molar refractivity (Wildman–Crippen MR) is 55.2 cm³/mol. The van der Waals surface area contributed by atoms with Gasteiger partial charge in [-0.2, -0.15) is 5.10 Å². The number of nitrogens with zero attached hydrogens (tertiary/aromatic N) is 1. The van der Waals surface area contributed by atoms with Crippen LogP contribution in [0.4, 0.5) is 0 Å². The number of hydrogen-bond donors (Lipinski definition) is 2. The molecule has 0 atom stereocenters. The molecule has 2 rings (SSSR count). The Bertz CT molecular complexity index is 423. The molecule has 72 valence electrons. The number of phenolic OH excluding ortho intramolecular Hbond substituents is 1. The Morgan fingerprint density at radius 1 is 1.14 bits per heavy atom. The highest BCUT2D eigenvalue weighted by Crippen LogP contribution is 2.26. The molecule has 2 N–H and O–H groups in total. The smallest absolute Gasteiger partial charge is 0.115 e. The van der Waals surface area contributed by atoms with Crippen LogP contribution < -0.4 is 0 Å². The number of phenols is 1. The summed E-state index contributed by atoms with van der Waals surface area (Å²) < 4.78 is 0. The van der Waals surface area contributed by atoms with Crippen molar-refractivity contribution in [2.75, 3.05) is 0 Å². The van der Waals surface area contributed by atoms with E-state index in [0.29, 0.717) is 0 Å². The lowest BCUT2D eigenvalue weighted by Gasteiger charge is -2.01. The number of aromatic nitrogens is 2. The molecule has 1 aromatic heterocycles. The van der Waals surface area contributed by atoms with Crippen LogP contribution in [0.3, 0.4) is 0 Å². The molecule has 3 nitrogen and oxygen atoms in total. The summed E-state index contributed by atoms with van der Waals surface area (Å²) in [6.45, 7) is 3.95. The molecular weight excluding hydrogens is 176 g/mol. The van der Waals surface area contributed by atoms with E-state index >= 15 is 0 Å². The summed E-state index contributed by atoms with van der Waals surface area (Å²) in [5, 5.41) is 16.2. The van der Waals surface area contributed by atoms with Crippen molar-refractivity contribution >= 4 is 0 Å². The van der Waals surface area contributed by atoms with Gasteiger partial charge in [-0.25, -0.2) is 0 Å². The number of aromatic hydroxyl groups is 1. The van der Waals surface area contributed by atoms with Crippen LogP contribution in [0.5, 0.6) is 5.75 Å². The van der Waals surface area contributed by atoms with Crippen molar-refractivity contribution in [3.63, 3.8) is 0 Å². The van der Waals surface area contributed by atoms with Gasteiger partial charge in [-0.05, 0) is 31.5 Å². The summed E-state index contributed by atoms with van der Waals surface area (Å²) in [5.74, 6) is 0.285. The summed E-state index contributed by atoms with van der Waals surface area (Å²) in [4.78, 5) is 0. The van der Waals surface area contributed by atoms with Crippen molar-refractivity contribution in [1.29, 1.82) is 0 Å². The molecule has 0 aliphatic heterocycles. The predicted octanol–water partition coefficient (Wildman–Crippen LogP) is 2.40. The number of benzene rings is 1. The molecule has 2 aromatic rings. The van der Waals surface area contributed by atoms with Gasteiger partial charge in [0.2, 0.25) is 0 Å². The minimum Gasteiger partial charge on any atom is -0.508 e. The van der Waals surface area contributed by atoms with Gasteiger partial charge in [0, 0.05) is 11.3 Å². The second kappa shape index (κ2) is 3.18. The molecule has 0 saturated carbocycles. The first-order valence-electron chi connectivity index (χ1n) is 4.49. The lowest BCUT2D eigenvalue weighted by molar-refractivity contribution is 0.475. The van der Waals surface area contributed by atoms with Crippen LogP contribution in [0, 0.1) is 13.8 Å². The fourth-order valence-corrected chi connectivity index (χ4v) is 1.60. The van der Waals surface area contributed by atoms with Gasteiger partial charge in [0.1, 0.15) is 5.75 Å². The Hall–Kier alpha value is -1.77. The fourth-order valence-electron chi connectivity index (χ4n) is 1.60. The van der Waals surface area contributed by atoms with Crippen LogP contribution in [0.1, 0.15) is 11.4 Å². The number of aryl methyl sites for hydroxylation is 2. The average Bonchev–Trinajstić information content (AvgIpc) is 2.49. The molecule has 0 amide bonds. The Labute approximate surface area is 82.4 Å². The Balaban J connectivity index is 2.54. The van der Waals surface area contributed by atoms with Crippen LogP contribution in [0.25, 0.3) is 11.1 Å². The van der Waals surface area contributed by atoms with Crippen molar-refractivity contribution in [2.24, 2.45) is 0 Å². The van der Waals surface area contributed by atoms with Crippen LogP contribution in [-0.2, 0) is 0 Å². The molecule has 0 aliphatic rings. The van der Waals surface area contributed by atoms with E-state index in [9.17, 15) is 0 Å². The van der Waals surface area contributed by atoms with E-state index < -0.39 is 0 Å². The number of nitrogens with one attached hydrogen (secondary N) is 1. The number of aromatic amines is 1. The molecule has 0 radical (unpaired) electrons. The first kappa shape index (κ1) is 8.81. The second-order valence-corrected chi connectivity index (χ2v) is 3.36. The van der Waals surface area contributed by atoms with E-state index in [0.717, 1.165) is 22.5 Å². The SMILES string of the molecule is Cc1n[nH]c(C)c1-c1ccc(O)cc1. The molecule has 14 heavy (non-hydrogen) atoms. The molecule has 0 aliphatic carbocycles. The van der Waals surface area contributed by atoms with E-state index in [1.807, 2.05) is 26.0 Å². The standard InChI is InChI=1S/C11H12N2O/c1-7-11(8(2)13-12-7)9-3-5-10(14)6-4-9/h3-6,14H,1-2H3,(H,12,13). The van der Waals surface area contributed by atoms with Gasteiger partial charge >= 0.3 is 0 Å².